The highest BCUT2D eigenvalue weighted by atomic mass is 16.5. The van der Waals surface area contributed by atoms with Gasteiger partial charge in [0.1, 0.15) is 11.5 Å². The Morgan fingerprint density at radius 3 is 2.38 bits per heavy atom. The average molecular weight is 386 g/mol. The van der Waals surface area contributed by atoms with Crippen molar-refractivity contribution in [3.8, 4) is 11.5 Å². The molecule has 6 nitrogen and oxygen atoms in total. The summed E-state index contributed by atoms with van der Waals surface area (Å²) in [7, 11) is 0. The lowest BCUT2D eigenvalue weighted by atomic mass is 10.0. The van der Waals surface area contributed by atoms with Gasteiger partial charge in [0.05, 0.1) is 17.2 Å². The van der Waals surface area contributed by atoms with Gasteiger partial charge in [-0.15, -0.1) is 0 Å². The van der Waals surface area contributed by atoms with E-state index in [1.807, 2.05) is 61.5 Å². The van der Waals surface area contributed by atoms with Gasteiger partial charge in [-0.2, -0.15) is 0 Å². The molecule has 2 N–H and O–H groups in total. The number of para-hydroxylation sites is 2. The summed E-state index contributed by atoms with van der Waals surface area (Å²) < 4.78 is 5.96. The van der Waals surface area contributed by atoms with Crippen molar-refractivity contribution in [1.29, 1.82) is 0 Å². The summed E-state index contributed by atoms with van der Waals surface area (Å²) in [6.07, 6.45) is 0. The normalized spacial score (nSPS) is 13.4. The molecule has 1 aliphatic heterocycles. The van der Waals surface area contributed by atoms with Gasteiger partial charge in [0.2, 0.25) is 0 Å². The highest BCUT2D eigenvalue weighted by molar-refractivity contribution is 6.22. The third kappa shape index (κ3) is 3.73. The third-order valence-corrected chi connectivity index (χ3v) is 4.70. The molecule has 3 aromatic rings. The zero-order valence-corrected chi connectivity index (χ0v) is 15.6. The topological polar surface area (TPSA) is 84.5 Å². The summed E-state index contributed by atoms with van der Waals surface area (Å²) in [5.74, 6) is 0.0618. The second-order valence-electron chi connectivity index (χ2n) is 6.69. The van der Waals surface area contributed by atoms with Gasteiger partial charge in [0.15, 0.2) is 0 Å². The van der Waals surface area contributed by atoms with E-state index in [1.54, 1.807) is 0 Å². The Hall–Kier alpha value is -3.93. The van der Waals surface area contributed by atoms with Crippen molar-refractivity contribution in [2.24, 2.45) is 0 Å². The van der Waals surface area contributed by atoms with Crippen molar-refractivity contribution in [2.45, 2.75) is 13.0 Å². The monoisotopic (exact) mass is 386 g/mol. The fraction of sp³-hybridized carbons (Fsp3) is 0.0870. The summed E-state index contributed by atoms with van der Waals surface area (Å²) in [5, 5.41) is 5.14. The van der Waals surface area contributed by atoms with Gasteiger partial charge >= 0.3 is 0 Å². The van der Waals surface area contributed by atoms with Crippen LogP contribution in [0.1, 0.15) is 49.6 Å². The lowest BCUT2D eigenvalue weighted by molar-refractivity contribution is 0.0878. The first kappa shape index (κ1) is 18.4. The zero-order valence-electron chi connectivity index (χ0n) is 15.6. The molecule has 0 saturated carbocycles. The molecule has 3 amide bonds. The molecule has 0 aromatic heterocycles. The standard InChI is InChI=1S/C23H18N2O4/c1-14(17-9-5-6-10-20(17)29-16-7-3-2-4-8-16)24-21(26)15-11-12-18-19(13-15)23(28)25-22(18)27/h2-14H,1H3,(H,24,26)(H,25,27,28). The molecule has 3 aromatic carbocycles. The van der Waals surface area contributed by atoms with Gasteiger partial charge in [0, 0.05) is 11.1 Å². The third-order valence-electron chi connectivity index (χ3n) is 4.70. The first-order valence-electron chi connectivity index (χ1n) is 9.15. The van der Waals surface area contributed by atoms with Crippen molar-refractivity contribution in [3.63, 3.8) is 0 Å². The van der Waals surface area contributed by atoms with Crippen LogP contribution < -0.4 is 15.4 Å². The molecule has 6 heteroatoms. The molecule has 0 spiro atoms. The molecule has 1 heterocycles. The van der Waals surface area contributed by atoms with Gasteiger partial charge in [-0.1, -0.05) is 36.4 Å². The van der Waals surface area contributed by atoms with Crippen molar-refractivity contribution >= 4 is 17.7 Å². The van der Waals surface area contributed by atoms with Gasteiger partial charge in [-0.25, -0.2) is 0 Å². The molecule has 144 valence electrons. The number of hydrogen-bond acceptors (Lipinski definition) is 4. The number of carbonyl (C=O) groups excluding carboxylic acids is 3. The summed E-state index contributed by atoms with van der Waals surface area (Å²) in [4.78, 5) is 36.2. The molecular formula is C23H18N2O4. The van der Waals surface area contributed by atoms with Crippen LogP contribution in [0.4, 0.5) is 0 Å². The van der Waals surface area contributed by atoms with Crippen molar-refractivity contribution < 1.29 is 19.1 Å². The molecule has 0 bridgehead atoms. The van der Waals surface area contributed by atoms with Gasteiger partial charge in [-0.05, 0) is 43.3 Å². The number of imide groups is 1. The number of ether oxygens (including phenoxy) is 1. The first-order chi connectivity index (χ1) is 14.0. The largest absolute Gasteiger partial charge is 0.457 e. The molecule has 0 fully saturated rings. The predicted octanol–water partition coefficient (Wildman–Crippen LogP) is 3.85. The number of fused-ring (bicyclic) bond motifs is 1. The Morgan fingerprint density at radius 2 is 1.59 bits per heavy atom. The Kier molecular flexibility index (Phi) is 4.83. The second-order valence-corrected chi connectivity index (χ2v) is 6.69. The molecular weight excluding hydrogens is 368 g/mol. The van der Waals surface area contributed by atoms with Gasteiger partial charge < -0.3 is 10.1 Å². The highest BCUT2D eigenvalue weighted by Gasteiger charge is 2.27. The van der Waals surface area contributed by atoms with Crippen molar-refractivity contribution in [1.82, 2.24) is 10.6 Å². The number of amides is 3. The van der Waals surface area contributed by atoms with Crippen LogP contribution in [-0.4, -0.2) is 17.7 Å². The maximum absolute atomic E-state index is 12.7. The van der Waals surface area contributed by atoms with E-state index in [2.05, 4.69) is 10.6 Å². The van der Waals surface area contributed by atoms with Crippen LogP contribution in [0.15, 0.2) is 72.8 Å². The van der Waals surface area contributed by atoms with E-state index in [9.17, 15) is 14.4 Å². The molecule has 0 saturated heterocycles. The minimum Gasteiger partial charge on any atom is -0.457 e. The summed E-state index contributed by atoms with van der Waals surface area (Å²) >= 11 is 0. The molecule has 0 aliphatic carbocycles. The van der Waals surface area contributed by atoms with E-state index in [0.717, 1.165) is 5.56 Å². The van der Waals surface area contributed by atoms with E-state index in [4.69, 9.17) is 4.74 Å². The van der Waals surface area contributed by atoms with E-state index in [1.165, 1.54) is 18.2 Å². The quantitative estimate of drug-likeness (QED) is 0.652. The summed E-state index contributed by atoms with van der Waals surface area (Å²) in [6.45, 7) is 1.86. The Morgan fingerprint density at radius 1 is 0.897 bits per heavy atom. The lowest BCUT2D eigenvalue weighted by Gasteiger charge is -2.18. The number of carbonyl (C=O) groups is 3. The van der Waals surface area contributed by atoms with E-state index in [0.29, 0.717) is 17.1 Å². The van der Waals surface area contributed by atoms with E-state index in [-0.39, 0.29) is 23.1 Å². The van der Waals surface area contributed by atoms with Crippen LogP contribution in [0.3, 0.4) is 0 Å². The number of nitrogens with one attached hydrogen (secondary N) is 2. The molecule has 1 aliphatic rings. The number of hydrogen-bond donors (Lipinski definition) is 2. The average Bonchev–Trinajstić information content (AvgIpc) is 3.02. The van der Waals surface area contributed by atoms with E-state index < -0.39 is 11.8 Å². The highest BCUT2D eigenvalue weighted by Crippen LogP contribution is 2.29. The maximum Gasteiger partial charge on any atom is 0.258 e. The minimum absolute atomic E-state index is 0.211. The lowest BCUT2D eigenvalue weighted by Crippen LogP contribution is -2.27. The van der Waals surface area contributed by atoms with Crippen molar-refractivity contribution in [2.75, 3.05) is 0 Å². The van der Waals surface area contributed by atoms with Crippen LogP contribution in [0.5, 0.6) is 11.5 Å². The van der Waals surface area contributed by atoms with Crippen molar-refractivity contribution in [3.05, 3.63) is 95.1 Å². The summed E-state index contributed by atoms with van der Waals surface area (Å²) in [5.41, 5.74) is 1.62. The number of rotatable bonds is 5. The Bertz CT molecular complexity index is 1110. The van der Waals surface area contributed by atoms with Crippen LogP contribution in [0.2, 0.25) is 0 Å². The molecule has 0 radical (unpaired) electrons. The Balaban J connectivity index is 1.54. The first-order valence-corrected chi connectivity index (χ1v) is 9.15. The molecule has 4 rings (SSSR count). The van der Waals surface area contributed by atoms with Crippen LogP contribution in [0, 0.1) is 0 Å². The van der Waals surface area contributed by atoms with Gasteiger partial charge in [0.25, 0.3) is 17.7 Å². The van der Waals surface area contributed by atoms with E-state index >= 15 is 0 Å². The zero-order chi connectivity index (χ0) is 20.4. The number of benzene rings is 3. The smallest absolute Gasteiger partial charge is 0.258 e. The van der Waals surface area contributed by atoms with Crippen LogP contribution in [-0.2, 0) is 0 Å². The maximum atomic E-state index is 12.7. The van der Waals surface area contributed by atoms with Crippen LogP contribution >= 0.6 is 0 Å². The predicted molar refractivity (Wildman–Crippen MR) is 107 cm³/mol. The minimum atomic E-state index is -0.491. The second kappa shape index (κ2) is 7.59. The molecule has 1 unspecified atom stereocenters. The Labute approximate surface area is 167 Å². The fourth-order valence-electron chi connectivity index (χ4n) is 3.21. The van der Waals surface area contributed by atoms with Gasteiger partial charge in [-0.3, -0.25) is 19.7 Å². The fourth-order valence-corrected chi connectivity index (χ4v) is 3.21. The molecule has 1 atom stereocenters. The van der Waals surface area contributed by atoms with Crippen LogP contribution in [0.25, 0.3) is 0 Å². The summed E-state index contributed by atoms with van der Waals surface area (Å²) in [6, 6.07) is 21.0. The SMILES string of the molecule is CC(NC(=O)c1ccc2c(c1)C(=O)NC2=O)c1ccccc1Oc1ccccc1. The molecule has 29 heavy (non-hydrogen) atoms.